The Hall–Kier alpha value is -0.920. The Balaban J connectivity index is 0.00000289. The number of benzene rings is 2. The molecule has 2 aliphatic rings. The molecule has 2 aliphatic carbocycles. The predicted molar refractivity (Wildman–Crippen MR) is 139 cm³/mol. The smallest absolute Gasteiger partial charge is 0.0875 e. The molecule has 0 saturated carbocycles. The van der Waals surface area contributed by atoms with Crippen LogP contribution in [0, 0.1) is 0 Å². The Morgan fingerprint density at radius 3 is 1.22 bits per heavy atom. The van der Waals surface area contributed by atoms with E-state index in [2.05, 4.69) is 102 Å². The fourth-order valence-corrected chi connectivity index (χ4v) is 8.88. The summed E-state index contributed by atoms with van der Waals surface area (Å²) in [7, 11) is -0.762. The molecule has 2 aromatic carbocycles. The first-order chi connectivity index (χ1) is 14.6. The maximum Gasteiger partial charge on any atom is 0.0882 e. The molecule has 2 unspecified atom stereocenters. The van der Waals surface area contributed by atoms with E-state index < -0.39 is 9.52 Å². The molecule has 0 aromatic heterocycles. The second kappa shape index (κ2) is 9.38. The number of halogens is 2. The summed E-state index contributed by atoms with van der Waals surface area (Å²) in [6.45, 7) is 13.5. The summed E-state index contributed by atoms with van der Waals surface area (Å²) >= 11 is 14.1. The third-order valence-electron chi connectivity index (χ3n) is 7.90. The van der Waals surface area contributed by atoms with Crippen molar-refractivity contribution in [2.24, 2.45) is 0 Å². The van der Waals surface area contributed by atoms with Crippen molar-refractivity contribution < 1.29 is 26.2 Å². The molecule has 164 valence electrons. The Morgan fingerprint density at radius 2 is 0.906 bits per heavy atom. The van der Waals surface area contributed by atoms with Gasteiger partial charge in [-0.15, -0.1) is 0 Å². The van der Waals surface area contributed by atoms with Gasteiger partial charge in [-0.3, -0.25) is 0 Å². The zero-order chi connectivity index (χ0) is 22.6. The first kappa shape index (κ1) is 25.7. The molecule has 0 amide bonds. The molecule has 0 N–H and O–H groups in total. The van der Waals surface area contributed by atoms with Crippen LogP contribution < -0.4 is 0 Å². The normalized spacial score (nSPS) is 26.1. The molecule has 0 fully saturated rings. The summed E-state index contributed by atoms with van der Waals surface area (Å²) in [5.41, 5.74) is 7.34. The largest absolute Gasteiger partial charge is 0.0882 e. The van der Waals surface area contributed by atoms with Crippen molar-refractivity contribution in [1.29, 1.82) is 0 Å². The zero-order valence-electron chi connectivity index (χ0n) is 19.7. The molecular formula is C28H30Cl2SiZr. The quantitative estimate of drug-likeness (QED) is 0.339. The molecule has 0 nitrogen and oxygen atoms in total. The van der Waals surface area contributed by atoms with Crippen LogP contribution in [-0.2, 0) is 37.0 Å². The van der Waals surface area contributed by atoms with E-state index in [0.29, 0.717) is 0 Å². The van der Waals surface area contributed by atoms with Gasteiger partial charge in [0.1, 0.15) is 0 Å². The van der Waals surface area contributed by atoms with Crippen molar-refractivity contribution in [2.75, 3.05) is 0 Å². The van der Waals surface area contributed by atoms with Crippen molar-refractivity contribution in [2.45, 2.75) is 52.4 Å². The van der Waals surface area contributed by atoms with Crippen molar-refractivity contribution in [3.63, 3.8) is 0 Å². The van der Waals surface area contributed by atoms with E-state index in [9.17, 15) is 0 Å². The SMILES string of the molecule is CC1=C(Cl)C(C)(c2ccccc2)C(C)=C1[SiH2]C1=C(C)C(C)(c2ccccc2)C(Cl)=C1C.[Zr]. The molecule has 4 rings (SSSR count). The second-order valence-corrected chi connectivity index (χ2v) is 11.8. The summed E-state index contributed by atoms with van der Waals surface area (Å²) in [6.07, 6.45) is 0. The third-order valence-corrected chi connectivity index (χ3v) is 12.1. The Labute approximate surface area is 224 Å². The van der Waals surface area contributed by atoms with Gasteiger partial charge in [-0.1, -0.05) is 105 Å². The van der Waals surface area contributed by atoms with Gasteiger partial charge in [-0.05, 0) is 63.8 Å². The van der Waals surface area contributed by atoms with Crippen LogP contribution in [0.4, 0.5) is 0 Å². The topological polar surface area (TPSA) is 0 Å². The molecule has 0 saturated heterocycles. The van der Waals surface area contributed by atoms with E-state index in [1.165, 1.54) is 43.8 Å². The van der Waals surface area contributed by atoms with Gasteiger partial charge in [0.05, 0.1) is 9.52 Å². The first-order valence-corrected chi connectivity index (χ1v) is 13.1. The molecule has 2 aromatic rings. The summed E-state index contributed by atoms with van der Waals surface area (Å²) < 4.78 is 0. The van der Waals surface area contributed by atoms with Crippen molar-refractivity contribution in [3.8, 4) is 0 Å². The van der Waals surface area contributed by atoms with E-state index in [1.54, 1.807) is 0 Å². The summed E-state index contributed by atoms with van der Waals surface area (Å²) in [6, 6.07) is 21.3. The van der Waals surface area contributed by atoms with Crippen LogP contribution in [0.15, 0.2) is 103 Å². The molecular weight excluding hydrogens is 527 g/mol. The monoisotopic (exact) mass is 554 g/mol. The molecule has 32 heavy (non-hydrogen) atoms. The summed E-state index contributed by atoms with van der Waals surface area (Å²) in [4.78, 5) is 0. The minimum atomic E-state index is -0.762. The van der Waals surface area contributed by atoms with E-state index in [1.807, 2.05) is 0 Å². The van der Waals surface area contributed by atoms with Crippen LogP contribution in [-0.4, -0.2) is 9.52 Å². The number of hydrogen-bond acceptors (Lipinski definition) is 0. The van der Waals surface area contributed by atoms with Gasteiger partial charge in [0, 0.05) is 47.1 Å². The van der Waals surface area contributed by atoms with Gasteiger partial charge in [0.15, 0.2) is 0 Å². The standard InChI is InChI=1S/C28H30Cl2Si.Zr/c1-17-23(19(3)27(5,25(17)29)21-13-9-7-10-14-21)31-24-18(2)26(30)28(6,20(24)4)22-15-11-8-12-16-22;/h7-16H,31H2,1-6H3;. The van der Waals surface area contributed by atoms with Crippen LogP contribution in [0.3, 0.4) is 0 Å². The first-order valence-electron chi connectivity index (χ1n) is 10.9. The fraction of sp³-hybridized carbons (Fsp3) is 0.286. The molecule has 0 radical (unpaired) electrons. The van der Waals surface area contributed by atoms with Crippen LogP contribution in [0.5, 0.6) is 0 Å². The van der Waals surface area contributed by atoms with E-state index >= 15 is 0 Å². The number of hydrogen-bond donors (Lipinski definition) is 0. The van der Waals surface area contributed by atoms with Crippen LogP contribution in [0.1, 0.15) is 52.7 Å². The molecule has 0 bridgehead atoms. The van der Waals surface area contributed by atoms with Gasteiger partial charge >= 0.3 is 0 Å². The molecule has 4 heteroatoms. The maximum atomic E-state index is 7.04. The minimum Gasteiger partial charge on any atom is -0.0875 e. The fourth-order valence-electron chi connectivity index (χ4n) is 5.45. The minimum absolute atomic E-state index is 0. The molecule has 2 atom stereocenters. The maximum absolute atomic E-state index is 7.04. The second-order valence-electron chi connectivity index (χ2n) is 9.24. The van der Waals surface area contributed by atoms with Crippen molar-refractivity contribution >= 4 is 32.7 Å². The Kier molecular flexibility index (Phi) is 7.53. The zero-order valence-corrected chi connectivity index (χ0v) is 25.1. The van der Waals surface area contributed by atoms with Crippen LogP contribution in [0.2, 0.25) is 0 Å². The number of allylic oxidation sites excluding steroid dienone is 8. The van der Waals surface area contributed by atoms with Crippen molar-refractivity contribution in [3.05, 3.63) is 115 Å². The van der Waals surface area contributed by atoms with Crippen molar-refractivity contribution in [1.82, 2.24) is 0 Å². The molecule has 0 aliphatic heterocycles. The van der Waals surface area contributed by atoms with Crippen LogP contribution in [0.25, 0.3) is 0 Å². The summed E-state index contributed by atoms with van der Waals surface area (Å²) in [5.74, 6) is 0. The molecule has 0 heterocycles. The molecule has 0 spiro atoms. The third kappa shape index (κ3) is 3.67. The van der Waals surface area contributed by atoms with Gasteiger partial charge in [-0.25, -0.2) is 0 Å². The van der Waals surface area contributed by atoms with Gasteiger partial charge in [0.25, 0.3) is 0 Å². The number of rotatable bonds is 4. The summed E-state index contributed by atoms with van der Waals surface area (Å²) in [5, 5.41) is 4.89. The van der Waals surface area contributed by atoms with Crippen LogP contribution >= 0.6 is 23.2 Å². The van der Waals surface area contributed by atoms with Gasteiger partial charge in [-0.2, -0.15) is 0 Å². The average Bonchev–Trinajstić information content (AvgIpc) is 3.07. The average molecular weight is 557 g/mol. The Morgan fingerprint density at radius 1 is 0.594 bits per heavy atom. The predicted octanol–water partition coefficient (Wildman–Crippen LogP) is 7.67. The van der Waals surface area contributed by atoms with Gasteiger partial charge < -0.3 is 0 Å². The van der Waals surface area contributed by atoms with Gasteiger partial charge in [0.2, 0.25) is 0 Å². The Bertz CT molecular complexity index is 1080. The van der Waals surface area contributed by atoms with E-state index in [4.69, 9.17) is 23.2 Å². The van der Waals surface area contributed by atoms with E-state index in [0.717, 1.165) is 10.1 Å². The van der Waals surface area contributed by atoms with E-state index in [-0.39, 0.29) is 37.0 Å².